The lowest BCUT2D eigenvalue weighted by molar-refractivity contribution is -0.384. The fraction of sp³-hybridized carbons (Fsp3) is 0.217. The summed E-state index contributed by atoms with van der Waals surface area (Å²) in [7, 11) is 0. The number of carbonyl (C=O) groups excluding carboxylic acids is 2. The summed E-state index contributed by atoms with van der Waals surface area (Å²) in [5, 5.41) is 20.9. The third kappa shape index (κ3) is 5.48. The third-order valence-corrected chi connectivity index (χ3v) is 4.52. The Hall–Kier alpha value is -4.34. The molecule has 1 aromatic heterocycles. The van der Waals surface area contributed by atoms with Gasteiger partial charge in [-0.15, -0.1) is 0 Å². The summed E-state index contributed by atoms with van der Waals surface area (Å²) in [6.07, 6.45) is 0. The minimum atomic E-state index is -0.778. The van der Waals surface area contributed by atoms with Gasteiger partial charge in [0.25, 0.3) is 17.5 Å². The molecule has 2 aromatic carbocycles. The van der Waals surface area contributed by atoms with Gasteiger partial charge in [0, 0.05) is 34.6 Å². The van der Waals surface area contributed by atoms with Gasteiger partial charge < -0.3 is 10.6 Å². The summed E-state index contributed by atoms with van der Waals surface area (Å²) in [5.74, 6) is -1.04. The van der Waals surface area contributed by atoms with Gasteiger partial charge in [-0.05, 0) is 58.0 Å². The van der Waals surface area contributed by atoms with Crippen LogP contribution in [-0.4, -0.2) is 32.1 Å². The Morgan fingerprint density at radius 3 is 2.27 bits per heavy atom. The van der Waals surface area contributed by atoms with Crippen molar-refractivity contribution in [1.29, 1.82) is 0 Å². The Kier molecular flexibility index (Phi) is 6.38. The maximum Gasteiger partial charge on any atom is 0.294 e. The number of amides is 2. The monoisotopic (exact) mass is 449 g/mol. The lowest BCUT2D eigenvalue weighted by atomic mass is 10.1. The van der Waals surface area contributed by atoms with Crippen LogP contribution >= 0.6 is 0 Å². The number of benzene rings is 2. The number of hydrogen-bond donors (Lipinski definition) is 2. The highest BCUT2D eigenvalue weighted by atomic mass is 16.6. The van der Waals surface area contributed by atoms with E-state index in [2.05, 4.69) is 15.7 Å². The Morgan fingerprint density at radius 1 is 1.03 bits per heavy atom. The van der Waals surface area contributed by atoms with Crippen LogP contribution in [0.1, 0.15) is 47.3 Å². The van der Waals surface area contributed by atoms with Crippen molar-refractivity contribution in [3.05, 3.63) is 91.9 Å². The molecule has 3 rings (SSSR count). The maximum absolute atomic E-state index is 12.8. The van der Waals surface area contributed by atoms with E-state index in [-0.39, 0.29) is 17.3 Å². The van der Waals surface area contributed by atoms with Crippen molar-refractivity contribution in [3.63, 3.8) is 0 Å². The Bertz CT molecular complexity index is 1290. The smallest absolute Gasteiger partial charge is 0.294 e. The quantitative estimate of drug-likeness (QED) is 0.453. The molecular formula is C23H23N5O5. The molecule has 0 unspecified atom stereocenters. The molecule has 0 saturated carbocycles. The van der Waals surface area contributed by atoms with Gasteiger partial charge in [0.1, 0.15) is 5.69 Å². The van der Waals surface area contributed by atoms with Crippen molar-refractivity contribution in [1.82, 2.24) is 15.1 Å². The number of nitro groups is 1. The first-order valence-corrected chi connectivity index (χ1v) is 10.0. The normalized spacial score (nSPS) is 11.0. The van der Waals surface area contributed by atoms with Gasteiger partial charge in [-0.3, -0.25) is 24.5 Å². The zero-order valence-electron chi connectivity index (χ0n) is 18.6. The number of nitrogens with one attached hydrogen (secondary N) is 2. The number of para-hydroxylation sites is 2. The van der Waals surface area contributed by atoms with Gasteiger partial charge in [0.05, 0.1) is 4.92 Å². The van der Waals surface area contributed by atoms with E-state index in [0.717, 1.165) is 0 Å². The average molecular weight is 449 g/mol. The summed E-state index contributed by atoms with van der Waals surface area (Å²) < 4.78 is 1.19. The minimum Gasteiger partial charge on any atom is -0.347 e. The van der Waals surface area contributed by atoms with E-state index in [1.54, 1.807) is 25.1 Å². The zero-order valence-corrected chi connectivity index (χ0v) is 18.6. The zero-order chi connectivity index (χ0) is 24.3. The van der Waals surface area contributed by atoms with E-state index in [4.69, 9.17) is 0 Å². The van der Waals surface area contributed by atoms with Crippen LogP contribution in [0.15, 0.2) is 59.4 Å². The molecule has 3 aromatic rings. The number of nitro benzene ring substituents is 1. The minimum absolute atomic E-state index is 0.128. The third-order valence-electron chi connectivity index (χ3n) is 4.52. The fourth-order valence-corrected chi connectivity index (χ4v) is 3.05. The first-order valence-electron chi connectivity index (χ1n) is 10.0. The van der Waals surface area contributed by atoms with E-state index >= 15 is 0 Å². The van der Waals surface area contributed by atoms with Crippen LogP contribution in [-0.2, 0) is 0 Å². The van der Waals surface area contributed by atoms with Crippen molar-refractivity contribution in [2.45, 2.75) is 33.2 Å². The molecule has 0 aliphatic carbocycles. The summed E-state index contributed by atoms with van der Waals surface area (Å²) in [5.41, 5.74) is -0.430. The van der Waals surface area contributed by atoms with Gasteiger partial charge in [-0.1, -0.05) is 12.1 Å². The van der Waals surface area contributed by atoms with Crippen LogP contribution in [0.4, 0.5) is 11.4 Å². The molecule has 0 bridgehead atoms. The van der Waals surface area contributed by atoms with Crippen molar-refractivity contribution in [2.75, 3.05) is 5.32 Å². The van der Waals surface area contributed by atoms with Crippen LogP contribution in [0.2, 0.25) is 0 Å². The lowest BCUT2D eigenvalue weighted by Gasteiger charge is -2.20. The molecule has 10 heteroatoms. The number of nitrogens with zero attached hydrogens (tertiary/aromatic N) is 3. The topological polar surface area (TPSA) is 136 Å². The standard InChI is InChI=1S/C23H23N5O5/c1-14-13-19(29)20(26-27(14)17-7-5-6-8-18(17)28(32)33)22(31)24-16-11-9-15(10-12-16)21(30)25-23(2,3)4/h5-13H,1-4H3,(H,24,31)(H,25,30). The molecule has 170 valence electrons. The van der Waals surface area contributed by atoms with Gasteiger partial charge in [0.2, 0.25) is 5.43 Å². The highest BCUT2D eigenvalue weighted by Crippen LogP contribution is 2.22. The first kappa shape index (κ1) is 23.3. The van der Waals surface area contributed by atoms with E-state index in [1.165, 1.54) is 41.1 Å². The molecule has 0 aliphatic rings. The summed E-state index contributed by atoms with van der Waals surface area (Å²) in [4.78, 5) is 48.2. The molecule has 0 spiro atoms. The predicted molar refractivity (Wildman–Crippen MR) is 123 cm³/mol. The molecule has 2 amide bonds. The second-order valence-corrected chi connectivity index (χ2v) is 8.39. The van der Waals surface area contributed by atoms with Crippen LogP contribution in [0.3, 0.4) is 0 Å². The van der Waals surface area contributed by atoms with E-state index < -0.39 is 27.5 Å². The molecule has 2 N–H and O–H groups in total. The highest BCUT2D eigenvalue weighted by molar-refractivity contribution is 6.03. The second-order valence-electron chi connectivity index (χ2n) is 8.39. The van der Waals surface area contributed by atoms with Gasteiger partial charge in [-0.25, -0.2) is 4.68 Å². The summed E-state index contributed by atoms with van der Waals surface area (Å²) in [6, 6.07) is 13.2. The van der Waals surface area contributed by atoms with Crippen molar-refractivity contribution in [2.24, 2.45) is 0 Å². The molecule has 1 heterocycles. The van der Waals surface area contributed by atoms with Gasteiger partial charge >= 0.3 is 0 Å². The average Bonchev–Trinajstić information content (AvgIpc) is 2.73. The number of rotatable bonds is 5. The lowest BCUT2D eigenvalue weighted by Crippen LogP contribution is -2.40. The predicted octanol–water partition coefficient (Wildman–Crippen LogP) is 3.23. The van der Waals surface area contributed by atoms with Gasteiger partial charge in [-0.2, -0.15) is 5.10 Å². The van der Waals surface area contributed by atoms with E-state index in [0.29, 0.717) is 16.9 Å². The maximum atomic E-state index is 12.8. The molecule has 33 heavy (non-hydrogen) atoms. The summed E-state index contributed by atoms with van der Waals surface area (Å²) >= 11 is 0. The number of hydrogen-bond acceptors (Lipinski definition) is 6. The Morgan fingerprint density at radius 2 is 1.67 bits per heavy atom. The molecule has 0 fully saturated rings. The Labute approximate surface area is 189 Å². The number of aromatic nitrogens is 2. The number of aryl methyl sites for hydroxylation is 1. The highest BCUT2D eigenvalue weighted by Gasteiger charge is 2.20. The first-order chi connectivity index (χ1) is 15.5. The fourth-order valence-electron chi connectivity index (χ4n) is 3.05. The van der Waals surface area contributed by atoms with Crippen LogP contribution in [0.25, 0.3) is 5.69 Å². The number of carbonyl (C=O) groups is 2. The van der Waals surface area contributed by atoms with Crippen molar-refractivity contribution in [3.8, 4) is 5.69 Å². The molecule has 0 saturated heterocycles. The second kappa shape index (κ2) is 9.03. The molecule has 0 aliphatic heterocycles. The van der Waals surface area contributed by atoms with Crippen molar-refractivity contribution < 1.29 is 14.5 Å². The van der Waals surface area contributed by atoms with Crippen LogP contribution in [0, 0.1) is 17.0 Å². The Balaban J connectivity index is 1.88. The number of anilines is 1. The molecular weight excluding hydrogens is 426 g/mol. The molecule has 0 radical (unpaired) electrons. The summed E-state index contributed by atoms with van der Waals surface area (Å²) in [6.45, 7) is 7.16. The largest absolute Gasteiger partial charge is 0.347 e. The van der Waals surface area contributed by atoms with Crippen LogP contribution in [0.5, 0.6) is 0 Å². The molecule has 0 atom stereocenters. The van der Waals surface area contributed by atoms with Crippen molar-refractivity contribution >= 4 is 23.2 Å². The van der Waals surface area contributed by atoms with E-state index in [9.17, 15) is 24.5 Å². The SMILES string of the molecule is Cc1cc(=O)c(C(=O)Nc2ccc(C(=O)NC(C)(C)C)cc2)nn1-c1ccccc1[N+](=O)[O-]. The molecule has 10 nitrogen and oxygen atoms in total. The van der Waals surface area contributed by atoms with Crippen LogP contribution < -0.4 is 16.1 Å². The van der Waals surface area contributed by atoms with E-state index in [1.807, 2.05) is 20.8 Å². The van der Waals surface area contributed by atoms with Gasteiger partial charge in [0.15, 0.2) is 5.69 Å².